The van der Waals surface area contributed by atoms with Gasteiger partial charge in [0, 0.05) is 12.6 Å². The molecular weight excluding hydrogens is 370 g/mol. The van der Waals surface area contributed by atoms with Gasteiger partial charge in [-0.1, -0.05) is 6.07 Å². The van der Waals surface area contributed by atoms with E-state index in [1.165, 1.54) is 20.3 Å². The first-order valence-electron chi connectivity index (χ1n) is 8.29. The molecule has 0 radical (unpaired) electrons. The first kappa shape index (κ1) is 20.9. The van der Waals surface area contributed by atoms with E-state index in [0.29, 0.717) is 23.7 Å². The standard InChI is InChI=1S/C19H25NO6S/c1-13-10-18(26-5)19(12-16(13)24-3)27(21,22)20-9-8-14-6-7-15(23-2)17(11-14)25-4/h6-7,10-12,20H,8-9H2,1-5H3. The molecule has 2 aromatic carbocycles. The Labute approximate surface area is 160 Å². The summed E-state index contributed by atoms with van der Waals surface area (Å²) in [5.74, 6) is 1.98. The van der Waals surface area contributed by atoms with Crippen LogP contribution in [0.1, 0.15) is 11.1 Å². The highest BCUT2D eigenvalue weighted by Gasteiger charge is 2.21. The molecule has 0 unspecified atom stereocenters. The Hall–Kier alpha value is -2.45. The van der Waals surface area contributed by atoms with Crippen molar-refractivity contribution in [2.75, 3.05) is 35.0 Å². The summed E-state index contributed by atoms with van der Waals surface area (Å²) in [5.41, 5.74) is 1.71. The van der Waals surface area contributed by atoms with E-state index in [1.807, 2.05) is 19.1 Å². The van der Waals surface area contributed by atoms with Crippen LogP contribution in [0.25, 0.3) is 0 Å². The van der Waals surface area contributed by atoms with Crippen LogP contribution >= 0.6 is 0 Å². The fraction of sp³-hybridized carbons (Fsp3) is 0.368. The van der Waals surface area contributed by atoms with Gasteiger partial charge in [-0.2, -0.15) is 0 Å². The van der Waals surface area contributed by atoms with Crippen molar-refractivity contribution in [3.63, 3.8) is 0 Å². The van der Waals surface area contributed by atoms with Crippen LogP contribution in [0, 0.1) is 6.92 Å². The van der Waals surface area contributed by atoms with E-state index in [9.17, 15) is 8.42 Å². The molecule has 1 N–H and O–H groups in total. The summed E-state index contributed by atoms with van der Waals surface area (Å²) in [6.45, 7) is 2.04. The number of benzene rings is 2. The third kappa shape index (κ3) is 4.84. The summed E-state index contributed by atoms with van der Waals surface area (Å²) in [7, 11) is 2.29. The van der Waals surface area contributed by atoms with Crippen molar-refractivity contribution in [2.45, 2.75) is 18.2 Å². The van der Waals surface area contributed by atoms with Crippen molar-refractivity contribution in [1.29, 1.82) is 0 Å². The number of rotatable bonds is 9. The van der Waals surface area contributed by atoms with Crippen molar-refractivity contribution in [3.05, 3.63) is 41.5 Å². The quantitative estimate of drug-likeness (QED) is 0.703. The summed E-state index contributed by atoms with van der Waals surface area (Å²) < 4.78 is 49.0. The summed E-state index contributed by atoms with van der Waals surface area (Å²) in [6.07, 6.45) is 0.491. The molecule has 0 aromatic heterocycles. The maximum atomic E-state index is 12.7. The van der Waals surface area contributed by atoms with Gasteiger partial charge >= 0.3 is 0 Å². The highest BCUT2D eigenvalue weighted by atomic mass is 32.2. The molecule has 0 bridgehead atoms. The van der Waals surface area contributed by atoms with E-state index in [1.54, 1.807) is 26.4 Å². The number of ether oxygens (including phenoxy) is 4. The second-order valence-electron chi connectivity index (χ2n) is 5.81. The average Bonchev–Trinajstić information content (AvgIpc) is 2.67. The smallest absolute Gasteiger partial charge is 0.244 e. The summed E-state index contributed by atoms with van der Waals surface area (Å²) in [6, 6.07) is 8.58. The summed E-state index contributed by atoms with van der Waals surface area (Å²) >= 11 is 0. The number of sulfonamides is 1. The van der Waals surface area contributed by atoms with Crippen molar-refractivity contribution < 1.29 is 27.4 Å². The van der Waals surface area contributed by atoms with Crippen LogP contribution in [0.2, 0.25) is 0 Å². The minimum atomic E-state index is -3.76. The minimum absolute atomic E-state index is 0.0414. The second-order valence-corrected chi connectivity index (χ2v) is 7.55. The van der Waals surface area contributed by atoms with E-state index in [4.69, 9.17) is 18.9 Å². The van der Waals surface area contributed by atoms with Gasteiger partial charge in [0.2, 0.25) is 10.0 Å². The predicted octanol–water partition coefficient (Wildman–Crippen LogP) is 2.55. The lowest BCUT2D eigenvalue weighted by molar-refractivity contribution is 0.354. The van der Waals surface area contributed by atoms with E-state index in [0.717, 1.165) is 11.1 Å². The molecule has 0 saturated carbocycles. The lowest BCUT2D eigenvalue weighted by Crippen LogP contribution is -2.26. The van der Waals surface area contributed by atoms with E-state index in [-0.39, 0.29) is 17.2 Å². The SMILES string of the molecule is COc1cc(S(=O)(=O)NCCc2ccc(OC)c(OC)c2)c(OC)cc1C. The zero-order valence-electron chi connectivity index (χ0n) is 16.2. The molecule has 7 nitrogen and oxygen atoms in total. The Balaban J connectivity index is 2.16. The van der Waals surface area contributed by atoms with Crippen LogP contribution in [0.4, 0.5) is 0 Å². The second kappa shape index (κ2) is 8.96. The molecule has 0 aliphatic rings. The zero-order valence-corrected chi connectivity index (χ0v) is 17.0. The molecule has 27 heavy (non-hydrogen) atoms. The number of nitrogens with one attached hydrogen (secondary N) is 1. The zero-order chi connectivity index (χ0) is 20.0. The molecule has 148 valence electrons. The average molecular weight is 395 g/mol. The molecule has 0 amide bonds. The number of hydrogen-bond acceptors (Lipinski definition) is 6. The molecule has 0 aliphatic heterocycles. The lowest BCUT2D eigenvalue weighted by atomic mass is 10.1. The van der Waals surface area contributed by atoms with Gasteiger partial charge in [0.05, 0.1) is 28.4 Å². The van der Waals surface area contributed by atoms with Crippen LogP contribution < -0.4 is 23.7 Å². The van der Waals surface area contributed by atoms with Gasteiger partial charge in [-0.05, 0) is 42.7 Å². The van der Waals surface area contributed by atoms with Gasteiger partial charge in [0.25, 0.3) is 0 Å². The number of hydrogen-bond donors (Lipinski definition) is 1. The van der Waals surface area contributed by atoms with E-state index >= 15 is 0 Å². The van der Waals surface area contributed by atoms with Crippen molar-refractivity contribution in [1.82, 2.24) is 4.72 Å². The Kier molecular flexibility index (Phi) is 6.92. The fourth-order valence-electron chi connectivity index (χ4n) is 2.68. The number of aryl methyl sites for hydroxylation is 1. The minimum Gasteiger partial charge on any atom is -0.496 e. The summed E-state index contributed by atoms with van der Waals surface area (Å²) in [5, 5.41) is 0. The van der Waals surface area contributed by atoms with Crippen LogP contribution in [-0.4, -0.2) is 43.4 Å². The summed E-state index contributed by atoms with van der Waals surface area (Å²) in [4.78, 5) is 0.0414. The third-order valence-corrected chi connectivity index (χ3v) is 5.61. The Morgan fingerprint density at radius 2 is 1.44 bits per heavy atom. The van der Waals surface area contributed by atoms with E-state index in [2.05, 4.69) is 4.72 Å². The first-order chi connectivity index (χ1) is 12.9. The van der Waals surface area contributed by atoms with Gasteiger partial charge in [-0.3, -0.25) is 0 Å². The largest absolute Gasteiger partial charge is 0.496 e. The first-order valence-corrected chi connectivity index (χ1v) is 9.77. The van der Waals surface area contributed by atoms with Crippen molar-refractivity contribution >= 4 is 10.0 Å². The van der Waals surface area contributed by atoms with Gasteiger partial charge in [-0.25, -0.2) is 13.1 Å². The molecule has 0 spiro atoms. The lowest BCUT2D eigenvalue weighted by Gasteiger charge is -2.14. The topological polar surface area (TPSA) is 83.1 Å². The molecule has 0 saturated heterocycles. The Bertz CT molecular complexity index is 895. The predicted molar refractivity (Wildman–Crippen MR) is 103 cm³/mol. The molecular formula is C19H25NO6S. The van der Waals surface area contributed by atoms with Crippen LogP contribution in [0.5, 0.6) is 23.0 Å². The van der Waals surface area contributed by atoms with Gasteiger partial charge < -0.3 is 18.9 Å². The van der Waals surface area contributed by atoms with Crippen molar-refractivity contribution in [3.8, 4) is 23.0 Å². The third-order valence-electron chi connectivity index (χ3n) is 4.12. The molecule has 2 aromatic rings. The normalized spacial score (nSPS) is 11.1. The molecule has 2 rings (SSSR count). The highest BCUT2D eigenvalue weighted by Crippen LogP contribution is 2.31. The van der Waals surface area contributed by atoms with Crippen LogP contribution in [-0.2, 0) is 16.4 Å². The molecule has 8 heteroatoms. The Morgan fingerprint density at radius 1 is 0.815 bits per heavy atom. The molecule has 0 heterocycles. The molecule has 0 aliphatic carbocycles. The Morgan fingerprint density at radius 3 is 2.04 bits per heavy atom. The van der Waals surface area contributed by atoms with Crippen LogP contribution in [0.3, 0.4) is 0 Å². The maximum absolute atomic E-state index is 12.7. The molecule has 0 fully saturated rings. The van der Waals surface area contributed by atoms with Crippen LogP contribution in [0.15, 0.2) is 35.2 Å². The van der Waals surface area contributed by atoms with Gasteiger partial charge in [0.1, 0.15) is 16.4 Å². The van der Waals surface area contributed by atoms with Gasteiger partial charge in [0.15, 0.2) is 11.5 Å². The monoisotopic (exact) mass is 395 g/mol. The fourth-order valence-corrected chi connectivity index (χ4v) is 3.87. The number of methoxy groups -OCH3 is 4. The molecule has 0 atom stereocenters. The van der Waals surface area contributed by atoms with Gasteiger partial charge in [-0.15, -0.1) is 0 Å². The van der Waals surface area contributed by atoms with E-state index < -0.39 is 10.0 Å². The maximum Gasteiger partial charge on any atom is 0.244 e. The highest BCUT2D eigenvalue weighted by molar-refractivity contribution is 7.89. The van der Waals surface area contributed by atoms with Crippen molar-refractivity contribution in [2.24, 2.45) is 0 Å².